The van der Waals surface area contributed by atoms with Gasteiger partial charge in [0.2, 0.25) is 0 Å². The third kappa shape index (κ3) is 11.6. The Kier molecular flexibility index (Phi) is 12.7. The van der Waals surface area contributed by atoms with Gasteiger partial charge >= 0.3 is 30.0 Å². The minimum absolute atomic E-state index is 0.283. The van der Waals surface area contributed by atoms with Crippen molar-refractivity contribution in [3.63, 3.8) is 0 Å². The molecule has 0 aliphatic carbocycles. The molecule has 0 atom stereocenters. The van der Waals surface area contributed by atoms with Crippen molar-refractivity contribution in [2.45, 2.75) is 25.4 Å². The van der Waals surface area contributed by atoms with Crippen LogP contribution in [-0.2, 0) is 22.7 Å². The molecule has 0 saturated heterocycles. The lowest BCUT2D eigenvalue weighted by atomic mass is 10.1. The molecule has 0 unspecified atom stereocenters. The summed E-state index contributed by atoms with van der Waals surface area (Å²) in [6.45, 7) is 1.04. The zero-order chi connectivity index (χ0) is 33.9. The van der Waals surface area contributed by atoms with Crippen LogP contribution in [-0.4, -0.2) is 68.5 Å². The third-order valence-electron chi connectivity index (χ3n) is 5.11. The van der Waals surface area contributed by atoms with E-state index in [1.54, 1.807) is 0 Å². The van der Waals surface area contributed by atoms with Crippen LogP contribution in [0.4, 0.5) is 40.8 Å². The topological polar surface area (TPSA) is 162 Å². The molecular weight excluding hydrogens is 650 g/mol. The first-order valence-electron chi connectivity index (χ1n) is 12.0. The minimum Gasteiger partial charge on any atom is -0.490 e. The molecule has 1 aliphatic heterocycles. The Labute approximate surface area is 251 Å². The molecule has 0 bridgehead atoms. The highest BCUT2D eigenvalue weighted by molar-refractivity contribution is 7.12. The molecule has 244 valence electrons. The fourth-order valence-electron chi connectivity index (χ4n) is 3.02. The van der Waals surface area contributed by atoms with Gasteiger partial charge in [0.25, 0.3) is 6.08 Å². The minimum atomic E-state index is -5.08. The first-order valence-corrected chi connectivity index (χ1v) is 12.8. The van der Waals surface area contributed by atoms with Crippen molar-refractivity contribution in [3.8, 4) is 17.6 Å². The number of fused-ring (bicyclic) bond motifs is 1. The summed E-state index contributed by atoms with van der Waals surface area (Å²) in [7, 11) is 0. The normalized spacial score (nSPS) is 11.9. The van der Waals surface area contributed by atoms with Gasteiger partial charge in [0.1, 0.15) is 18.7 Å². The van der Waals surface area contributed by atoms with E-state index in [-0.39, 0.29) is 25.2 Å². The molecule has 3 aromatic rings. The highest BCUT2D eigenvalue weighted by atomic mass is 32.1. The number of aliphatic carboxylic acids is 2. The number of aromatic nitrogens is 3. The molecule has 1 aromatic carbocycles. The zero-order valence-corrected chi connectivity index (χ0v) is 23.2. The summed E-state index contributed by atoms with van der Waals surface area (Å²) in [6, 6.07) is 9.53. The molecule has 2 aromatic heterocycles. The monoisotopic (exact) mass is 671 g/mol. The Balaban J connectivity index is 0.000000421. The summed E-state index contributed by atoms with van der Waals surface area (Å²) in [5.41, 5.74) is 6.31. The first-order chi connectivity index (χ1) is 20.9. The van der Waals surface area contributed by atoms with Crippen molar-refractivity contribution >= 4 is 29.0 Å². The van der Waals surface area contributed by atoms with Crippen molar-refractivity contribution in [1.82, 2.24) is 14.3 Å². The quantitative estimate of drug-likeness (QED) is 0.234. The number of hydrogen-bond donors (Lipinski definition) is 4. The van der Waals surface area contributed by atoms with Crippen LogP contribution in [0.15, 0.2) is 53.1 Å². The SMILES string of the molecule is NCC(Cn1ncn(Cc2ccc(C#Cc3ccc4c(c3)NCCO4)s2)c1=O)=C(F)F.O=C(O)C(F)(F)F.O=C(O)C(F)(F)F. The highest BCUT2D eigenvalue weighted by Crippen LogP contribution is 2.28. The molecule has 0 spiro atoms. The Hall–Kier alpha value is -4.90. The van der Waals surface area contributed by atoms with E-state index in [4.69, 9.17) is 30.3 Å². The molecule has 3 heterocycles. The third-order valence-corrected chi connectivity index (χ3v) is 6.09. The van der Waals surface area contributed by atoms with Crippen LogP contribution in [0.3, 0.4) is 0 Å². The Morgan fingerprint density at radius 1 is 1.04 bits per heavy atom. The largest absolute Gasteiger partial charge is 0.490 e. The van der Waals surface area contributed by atoms with Crippen molar-refractivity contribution in [2.24, 2.45) is 5.73 Å². The van der Waals surface area contributed by atoms with Crippen LogP contribution in [0.2, 0.25) is 0 Å². The highest BCUT2D eigenvalue weighted by Gasteiger charge is 2.38. The van der Waals surface area contributed by atoms with Crippen molar-refractivity contribution in [2.75, 3.05) is 25.0 Å². The van der Waals surface area contributed by atoms with Gasteiger partial charge in [-0.15, -0.1) is 11.3 Å². The number of nitrogens with two attached hydrogens (primary N) is 1. The lowest BCUT2D eigenvalue weighted by molar-refractivity contribution is -0.193. The van der Waals surface area contributed by atoms with Gasteiger partial charge in [-0.3, -0.25) is 4.57 Å². The fourth-order valence-corrected chi connectivity index (χ4v) is 3.88. The van der Waals surface area contributed by atoms with Crippen molar-refractivity contribution in [1.29, 1.82) is 0 Å². The lowest BCUT2D eigenvalue weighted by Gasteiger charge is -2.18. The number of halogens is 8. The summed E-state index contributed by atoms with van der Waals surface area (Å²) < 4.78 is 96.9. The second kappa shape index (κ2) is 15.7. The number of nitrogens with one attached hydrogen (secondary N) is 1. The molecule has 5 N–H and O–H groups in total. The number of nitrogens with zero attached hydrogens (tertiary/aromatic N) is 3. The summed E-state index contributed by atoms with van der Waals surface area (Å²) in [5, 5.41) is 21.4. The van der Waals surface area contributed by atoms with Gasteiger partial charge in [-0.1, -0.05) is 11.8 Å². The molecular formula is C25H21F8N5O6S. The number of hydrogen-bond acceptors (Lipinski definition) is 8. The summed E-state index contributed by atoms with van der Waals surface area (Å²) in [4.78, 5) is 31.9. The number of ether oxygens (including phenoxy) is 1. The van der Waals surface area contributed by atoms with Gasteiger partial charge in [0, 0.05) is 29.1 Å². The van der Waals surface area contributed by atoms with Gasteiger partial charge in [-0.2, -0.15) is 40.2 Å². The van der Waals surface area contributed by atoms with Crippen LogP contribution in [0.5, 0.6) is 5.75 Å². The zero-order valence-electron chi connectivity index (χ0n) is 22.4. The average Bonchev–Trinajstić information content (AvgIpc) is 3.55. The number of benzene rings is 1. The van der Waals surface area contributed by atoms with E-state index in [0.29, 0.717) is 6.61 Å². The number of alkyl halides is 6. The standard InChI is InChI=1S/C21H19F2N5O2S.2C2HF3O2/c22-20(23)15(10-24)11-28-21(29)27(13-26-28)12-17-5-4-16(31-17)3-1-14-2-6-19-18(9-14)25-7-8-30-19;2*3-2(4,5)1(6)7/h2,4-6,9,13,25H,7-8,10-12,24H2;2*(H,6,7). The Morgan fingerprint density at radius 2 is 1.67 bits per heavy atom. The van der Waals surface area contributed by atoms with Crippen LogP contribution in [0, 0.1) is 11.8 Å². The second-order valence-corrected chi connectivity index (χ2v) is 9.54. The van der Waals surface area contributed by atoms with Crippen LogP contribution in [0.25, 0.3) is 0 Å². The number of carboxylic acids is 2. The van der Waals surface area contributed by atoms with E-state index in [1.807, 2.05) is 30.3 Å². The van der Waals surface area contributed by atoms with Crippen LogP contribution in [0.1, 0.15) is 15.3 Å². The predicted octanol–water partition coefficient (Wildman–Crippen LogP) is 3.73. The molecule has 0 amide bonds. The maximum absolute atomic E-state index is 12.8. The van der Waals surface area contributed by atoms with E-state index < -0.39 is 36.1 Å². The van der Waals surface area contributed by atoms with Crippen molar-refractivity contribution < 1.29 is 59.7 Å². The summed E-state index contributed by atoms with van der Waals surface area (Å²) >= 11 is 1.46. The van der Waals surface area contributed by atoms with E-state index in [1.165, 1.54) is 22.2 Å². The number of carboxylic acid groups (broad SMARTS) is 2. The average molecular weight is 672 g/mol. The molecule has 11 nitrogen and oxygen atoms in total. The summed E-state index contributed by atoms with van der Waals surface area (Å²) in [6.07, 6.45) is -10.7. The molecule has 0 saturated carbocycles. The Morgan fingerprint density at radius 3 is 2.22 bits per heavy atom. The number of anilines is 1. The van der Waals surface area contributed by atoms with E-state index in [0.717, 1.165) is 38.0 Å². The van der Waals surface area contributed by atoms with Gasteiger partial charge in [0.05, 0.1) is 23.7 Å². The molecule has 0 fully saturated rings. The smallest absolute Gasteiger partial charge is 0.490 e. The Bertz CT molecular complexity index is 1620. The lowest BCUT2D eigenvalue weighted by Crippen LogP contribution is -2.27. The maximum atomic E-state index is 12.8. The molecule has 45 heavy (non-hydrogen) atoms. The fraction of sp³-hybridized carbons (Fsp3) is 0.280. The second-order valence-electron chi connectivity index (χ2n) is 8.38. The number of rotatable bonds is 5. The van der Waals surface area contributed by atoms with E-state index >= 15 is 0 Å². The van der Waals surface area contributed by atoms with E-state index in [2.05, 4.69) is 22.3 Å². The first kappa shape index (κ1) is 36.3. The molecule has 0 radical (unpaired) electrons. The molecule has 20 heteroatoms. The number of thiophene rings is 1. The van der Waals surface area contributed by atoms with Crippen LogP contribution < -0.4 is 21.5 Å². The summed E-state index contributed by atoms with van der Waals surface area (Å²) in [5.74, 6) is 1.57. The van der Waals surface area contributed by atoms with E-state index in [9.17, 15) is 39.9 Å². The van der Waals surface area contributed by atoms with Crippen molar-refractivity contribution in [3.05, 3.63) is 74.1 Å². The predicted molar refractivity (Wildman–Crippen MR) is 142 cm³/mol. The van der Waals surface area contributed by atoms with Gasteiger partial charge < -0.3 is 26.0 Å². The molecule has 1 aliphatic rings. The van der Waals surface area contributed by atoms with Crippen LogP contribution >= 0.6 is 11.3 Å². The number of carbonyl (C=O) groups is 2. The van der Waals surface area contributed by atoms with Gasteiger partial charge in [-0.25, -0.2) is 19.1 Å². The van der Waals surface area contributed by atoms with Gasteiger partial charge in [0.15, 0.2) is 0 Å². The molecule has 4 rings (SSSR count). The van der Waals surface area contributed by atoms with Gasteiger partial charge in [-0.05, 0) is 30.3 Å². The maximum Gasteiger partial charge on any atom is 0.490 e.